The summed E-state index contributed by atoms with van der Waals surface area (Å²) in [4.78, 5) is 11.9. The molecule has 0 amide bonds. The van der Waals surface area contributed by atoms with E-state index < -0.39 is 16.4 Å². The van der Waals surface area contributed by atoms with Crippen LogP contribution in [0.4, 0.5) is 0 Å². The van der Waals surface area contributed by atoms with Gasteiger partial charge in [-0.2, -0.15) is 0 Å². The van der Waals surface area contributed by atoms with E-state index in [9.17, 15) is 4.80 Å². The van der Waals surface area contributed by atoms with Crippen LogP contribution in [0.3, 0.4) is 0 Å². The van der Waals surface area contributed by atoms with Crippen LogP contribution in [0.2, 0.25) is 12.6 Å². The molecule has 31 heavy (non-hydrogen) atoms. The second-order valence-electron chi connectivity index (χ2n) is 7.99. The van der Waals surface area contributed by atoms with Gasteiger partial charge in [0.1, 0.15) is 8.07 Å². The van der Waals surface area contributed by atoms with Crippen molar-refractivity contribution in [2.45, 2.75) is 12.6 Å². The van der Waals surface area contributed by atoms with Crippen LogP contribution in [-0.4, -0.2) is 21.2 Å². The number of rotatable bonds is 5. The van der Waals surface area contributed by atoms with Crippen LogP contribution in [0.1, 0.15) is 0 Å². The molecule has 0 fully saturated rings. The van der Waals surface area contributed by atoms with E-state index in [2.05, 4.69) is 78.7 Å². The minimum Gasteiger partial charge on any atom is -0.415 e. The molecule has 0 unspecified atom stereocenters. The molecule has 0 aromatic heterocycles. The summed E-state index contributed by atoms with van der Waals surface area (Å²) in [5, 5.41) is 4.58. The Morgan fingerprint density at radius 2 is 0.871 bits per heavy atom. The Morgan fingerprint density at radius 3 is 1.23 bits per heavy atom. The minimum atomic E-state index is -3.14. The fraction of sp³-hybridized carbons (Fsp3) is 0.0714. The number of hydrogen-bond donors (Lipinski definition) is 1. The molecule has 0 radical (unpaired) electrons. The highest BCUT2D eigenvalue weighted by Gasteiger charge is 2.35. The summed E-state index contributed by atoms with van der Waals surface area (Å²) in [7, 11) is -5.21. The summed E-state index contributed by atoms with van der Waals surface area (Å²) < 4.78 is 0. The Hall–Kier alpha value is -3.17. The molecular formula is C28H26OSi2. The molecule has 1 nitrogen and oxygen atoms in total. The molecule has 0 spiro atoms. The van der Waals surface area contributed by atoms with Gasteiger partial charge in [-0.1, -0.05) is 144 Å². The first-order chi connectivity index (χ1) is 15.1. The van der Waals surface area contributed by atoms with Gasteiger partial charge >= 0.3 is 8.32 Å². The topological polar surface area (TPSA) is 20.2 Å². The minimum absolute atomic E-state index is 0.760. The van der Waals surface area contributed by atoms with Crippen molar-refractivity contribution in [2.75, 3.05) is 0 Å². The second kappa shape index (κ2) is 9.32. The van der Waals surface area contributed by atoms with Crippen molar-refractivity contribution in [3.8, 4) is 11.5 Å². The molecule has 0 saturated carbocycles. The molecule has 0 bridgehead atoms. The maximum absolute atomic E-state index is 11.9. The highest BCUT2D eigenvalue weighted by molar-refractivity contribution is 7.03. The van der Waals surface area contributed by atoms with E-state index >= 15 is 0 Å². The van der Waals surface area contributed by atoms with Gasteiger partial charge in [-0.05, 0) is 10.4 Å². The van der Waals surface area contributed by atoms with Gasteiger partial charge in [0, 0.05) is 6.04 Å². The second-order valence-corrected chi connectivity index (χ2v) is 15.0. The van der Waals surface area contributed by atoms with Crippen molar-refractivity contribution < 1.29 is 4.80 Å². The smallest absolute Gasteiger partial charge is 0.334 e. The highest BCUT2D eigenvalue weighted by Crippen LogP contribution is 2.11. The third-order valence-electron chi connectivity index (χ3n) is 5.92. The van der Waals surface area contributed by atoms with Crippen LogP contribution >= 0.6 is 0 Å². The van der Waals surface area contributed by atoms with Gasteiger partial charge < -0.3 is 4.80 Å². The lowest BCUT2D eigenvalue weighted by Gasteiger charge is -2.27. The van der Waals surface area contributed by atoms with Crippen LogP contribution in [-0.2, 0) is 0 Å². The van der Waals surface area contributed by atoms with Gasteiger partial charge in [0.05, 0.1) is 0 Å². The SMILES string of the molecule is C[Si](CC#C[Si](O)(c1ccccc1)c1ccccc1)(c1ccccc1)c1ccccc1. The largest absolute Gasteiger partial charge is 0.415 e. The highest BCUT2D eigenvalue weighted by atomic mass is 28.4. The van der Waals surface area contributed by atoms with Gasteiger partial charge in [0.25, 0.3) is 0 Å². The monoisotopic (exact) mass is 434 g/mol. The lowest BCUT2D eigenvalue weighted by atomic mass is 10.4. The molecule has 3 heteroatoms. The molecule has 0 aliphatic carbocycles. The van der Waals surface area contributed by atoms with Crippen LogP contribution in [0.5, 0.6) is 0 Å². The summed E-state index contributed by atoms with van der Waals surface area (Å²) in [5.74, 6) is 3.48. The zero-order chi connectivity index (χ0) is 21.6. The molecule has 0 heterocycles. The van der Waals surface area contributed by atoms with E-state index in [4.69, 9.17) is 0 Å². The summed E-state index contributed by atoms with van der Waals surface area (Å²) in [6.45, 7) is 2.37. The summed E-state index contributed by atoms with van der Waals surface area (Å²) in [5.41, 5.74) is 3.40. The average Bonchev–Trinajstić information content (AvgIpc) is 2.86. The van der Waals surface area contributed by atoms with E-state index in [1.54, 1.807) is 0 Å². The van der Waals surface area contributed by atoms with E-state index in [0.29, 0.717) is 0 Å². The molecule has 152 valence electrons. The fourth-order valence-electron chi connectivity index (χ4n) is 4.00. The molecule has 4 aromatic carbocycles. The van der Waals surface area contributed by atoms with Crippen molar-refractivity contribution in [3.05, 3.63) is 121 Å². The molecule has 0 aliphatic heterocycles. The quantitative estimate of drug-likeness (QED) is 0.378. The first-order valence-corrected chi connectivity index (χ1v) is 15.2. The first-order valence-electron chi connectivity index (χ1n) is 10.6. The summed E-state index contributed by atoms with van der Waals surface area (Å²) in [6.07, 6.45) is 0. The van der Waals surface area contributed by atoms with Gasteiger partial charge in [0.15, 0.2) is 0 Å². The summed E-state index contributed by atoms with van der Waals surface area (Å²) in [6, 6.07) is 42.1. The Balaban J connectivity index is 1.77. The zero-order valence-corrected chi connectivity index (χ0v) is 19.7. The van der Waals surface area contributed by atoms with Crippen LogP contribution in [0.25, 0.3) is 0 Å². The van der Waals surface area contributed by atoms with Crippen LogP contribution in [0, 0.1) is 11.5 Å². The van der Waals surface area contributed by atoms with E-state index in [1.165, 1.54) is 10.4 Å². The van der Waals surface area contributed by atoms with Crippen molar-refractivity contribution >= 4 is 37.1 Å². The summed E-state index contributed by atoms with van der Waals surface area (Å²) >= 11 is 0. The van der Waals surface area contributed by atoms with E-state index in [-0.39, 0.29) is 0 Å². The Kier molecular flexibility index (Phi) is 6.34. The van der Waals surface area contributed by atoms with Crippen molar-refractivity contribution in [3.63, 3.8) is 0 Å². The average molecular weight is 435 g/mol. The lowest BCUT2D eigenvalue weighted by molar-refractivity contribution is 0.584. The Morgan fingerprint density at radius 1 is 0.548 bits per heavy atom. The predicted octanol–water partition coefficient (Wildman–Crippen LogP) is 3.17. The molecule has 4 rings (SSSR count). The molecular weight excluding hydrogens is 408 g/mol. The molecule has 0 atom stereocenters. The fourth-order valence-corrected chi connectivity index (χ4v) is 9.53. The lowest BCUT2D eigenvalue weighted by Crippen LogP contribution is -2.58. The Labute approximate surface area is 187 Å². The maximum atomic E-state index is 11.9. The zero-order valence-electron chi connectivity index (χ0n) is 17.7. The van der Waals surface area contributed by atoms with E-state index in [1.807, 2.05) is 60.7 Å². The first kappa shape index (κ1) is 21.1. The maximum Gasteiger partial charge on any atom is 0.334 e. The van der Waals surface area contributed by atoms with E-state index in [0.717, 1.165) is 16.4 Å². The number of hydrogen-bond acceptors (Lipinski definition) is 1. The van der Waals surface area contributed by atoms with Crippen LogP contribution in [0.15, 0.2) is 121 Å². The molecule has 0 saturated heterocycles. The van der Waals surface area contributed by atoms with Gasteiger partial charge in [-0.3, -0.25) is 0 Å². The molecule has 4 aromatic rings. The third-order valence-corrected chi connectivity index (χ3v) is 12.9. The van der Waals surface area contributed by atoms with Crippen LogP contribution < -0.4 is 20.7 Å². The molecule has 1 N–H and O–H groups in total. The van der Waals surface area contributed by atoms with Crippen molar-refractivity contribution in [1.82, 2.24) is 0 Å². The van der Waals surface area contributed by atoms with Crippen molar-refractivity contribution in [2.24, 2.45) is 0 Å². The third kappa shape index (κ3) is 4.47. The number of benzene rings is 4. The predicted molar refractivity (Wildman–Crippen MR) is 136 cm³/mol. The van der Waals surface area contributed by atoms with Gasteiger partial charge in [-0.25, -0.2) is 0 Å². The normalized spacial score (nSPS) is 11.4. The Bertz CT molecular complexity index is 1090. The standard InChI is InChI=1S/C28H26OSi2/c1-30(25-15-6-2-7-16-25,26-17-8-3-9-18-26)23-14-24-31(29,27-19-10-4-11-20-27)28-21-12-5-13-22-28/h2-13,15-22,29H,23H2,1H3. The van der Waals surface area contributed by atoms with Gasteiger partial charge in [-0.15, -0.1) is 5.92 Å². The molecule has 0 aliphatic rings. The van der Waals surface area contributed by atoms with Gasteiger partial charge in [0.2, 0.25) is 0 Å². The van der Waals surface area contributed by atoms with Crippen molar-refractivity contribution in [1.29, 1.82) is 0 Å².